The van der Waals surface area contributed by atoms with E-state index in [1.54, 1.807) is 0 Å². The van der Waals surface area contributed by atoms with E-state index in [0.29, 0.717) is 11.5 Å². The Bertz CT molecular complexity index is 433. The van der Waals surface area contributed by atoms with Crippen LogP contribution in [0.5, 0.6) is 0 Å². The Hall–Kier alpha value is -0.290. The zero-order valence-electron chi connectivity index (χ0n) is 9.58. The van der Waals surface area contributed by atoms with Crippen LogP contribution in [0.15, 0.2) is 18.2 Å². The lowest BCUT2D eigenvalue weighted by Crippen LogP contribution is -2.08. The van der Waals surface area contributed by atoms with Crippen LogP contribution in [0.3, 0.4) is 0 Å². The maximum Gasteiger partial charge on any atom is 0.337 e. The van der Waals surface area contributed by atoms with E-state index in [9.17, 15) is 4.79 Å². The number of rotatable bonds is 2. The first-order valence-electron chi connectivity index (χ1n) is 5.65. The van der Waals surface area contributed by atoms with Crippen LogP contribution in [0, 0.1) is 3.57 Å². The van der Waals surface area contributed by atoms with Gasteiger partial charge in [0.1, 0.15) is 0 Å². The zero-order chi connectivity index (χ0) is 12.4. The second-order valence-corrected chi connectivity index (χ2v) is 6.00. The smallest absolute Gasteiger partial charge is 0.337 e. The van der Waals surface area contributed by atoms with Crippen LogP contribution in [0.2, 0.25) is 0 Å². The van der Waals surface area contributed by atoms with Gasteiger partial charge >= 0.3 is 5.97 Å². The minimum absolute atomic E-state index is 0.229. The molecule has 0 aliphatic heterocycles. The van der Waals surface area contributed by atoms with Crippen LogP contribution in [0.25, 0.3) is 0 Å². The Kier molecular flexibility index (Phi) is 4.31. The topological polar surface area (TPSA) is 26.3 Å². The Balaban J connectivity index is 2.28. The second kappa shape index (κ2) is 5.57. The van der Waals surface area contributed by atoms with Crippen LogP contribution < -0.4 is 0 Å². The summed E-state index contributed by atoms with van der Waals surface area (Å²) in [6, 6.07) is 5.72. The Morgan fingerprint density at radius 3 is 2.76 bits per heavy atom. The van der Waals surface area contributed by atoms with Crippen molar-refractivity contribution in [2.45, 2.75) is 30.6 Å². The summed E-state index contributed by atoms with van der Waals surface area (Å²) in [5, 5.41) is 0.229. The maximum absolute atomic E-state index is 11.4. The van der Waals surface area contributed by atoms with Gasteiger partial charge in [-0.3, -0.25) is 0 Å². The number of alkyl halides is 1. The molecule has 92 valence electrons. The van der Waals surface area contributed by atoms with Crippen LogP contribution in [0.4, 0.5) is 0 Å². The summed E-state index contributed by atoms with van der Waals surface area (Å²) >= 11 is 8.59. The summed E-state index contributed by atoms with van der Waals surface area (Å²) in [6.45, 7) is 0. The molecule has 0 radical (unpaired) electrons. The fraction of sp³-hybridized carbons (Fsp3) is 0.462. The summed E-state index contributed by atoms with van der Waals surface area (Å²) in [4.78, 5) is 11.4. The van der Waals surface area contributed by atoms with Crippen LogP contribution in [0.1, 0.15) is 41.1 Å². The van der Waals surface area contributed by atoms with Gasteiger partial charge in [0.15, 0.2) is 0 Å². The molecule has 0 saturated heterocycles. The number of methoxy groups -OCH3 is 1. The lowest BCUT2D eigenvalue weighted by Gasteiger charge is -2.16. The van der Waals surface area contributed by atoms with E-state index in [1.807, 2.05) is 18.2 Å². The zero-order valence-corrected chi connectivity index (χ0v) is 12.5. The minimum atomic E-state index is -0.289. The summed E-state index contributed by atoms with van der Waals surface area (Å²) in [7, 11) is 1.40. The molecule has 2 unspecified atom stereocenters. The number of carbonyl (C=O) groups excluding carboxylic acids is 1. The molecule has 1 aromatic carbocycles. The molecule has 1 aliphatic carbocycles. The number of hydrogen-bond acceptors (Lipinski definition) is 2. The first-order chi connectivity index (χ1) is 8.13. The van der Waals surface area contributed by atoms with Crippen molar-refractivity contribution < 1.29 is 9.53 Å². The first kappa shape index (κ1) is 13.1. The Morgan fingerprint density at radius 2 is 2.24 bits per heavy atom. The van der Waals surface area contributed by atoms with Crippen LogP contribution in [-0.4, -0.2) is 18.5 Å². The fourth-order valence-electron chi connectivity index (χ4n) is 2.34. The summed E-state index contributed by atoms with van der Waals surface area (Å²) in [5.41, 5.74) is 1.86. The van der Waals surface area contributed by atoms with Crippen molar-refractivity contribution in [2.75, 3.05) is 7.11 Å². The molecule has 0 aromatic heterocycles. The van der Waals surface area contributed by atoms with Gasteiger partial charge in [-0.15, -0.1) is 11.6 Å². The lowest BCUT2D eigenvalue weighted by atomic mass is 9.96. The number of halogens is 2. The van der Waals surface area contributed by atoms with E-state index < -0.39 is 0 Å². The maximum atomic E-state index is 11.4. The van der Waals surface area contributed by atoms with Gasteiger partial charge in [0.2, 0.25) is 0 Å². The number of benzene rings is 1. The Labute approximate surface area is 120 Å². The van der Waals surface area contributed by atoms with Gasteiger partial charge in [0.25, 0.3) is 0 Å². The van der Waals surface area contributed by atoms with E-state index >= 15 is 0 Å². The summed E-state index contributed by atoms with van der Waals surface area (Å²) in [6.07, 6.45) is 3.41. The average Bonchev–Trinajstić information content (AvgIpc) is 2.74. The van der Waals surface area contributed by atoms with E-state index in [2.05, 4.69) is 22.6 Å². The molecule has 4 heteroatoms. The molecule has 1 aromatic rings. The van der Waals surface area contributed by atoms with Gasteiger partial charge < -0.3 is 4.74 Å². The number of carbonyl (C=O) groups is 1. The van der Waals surface area contributed by atoms with Crippen molar-refractivity contribution >= 4 is 40.2 Å². The van der Waals surface area contributed by atoms with Crippen molar-refractivity contribution in [3.8, 4) is 0 Å². The fourth-order valence-corrected chi connectivity index (χ4v) is 3.67. The standard InChI is InChI=1S/C13H14ClIO2/c1-17-13(16)8-5-6-10(12(15)7-8)9-3-2-4-11(9)14/h5-7,9,11H,2-4H2,1H3. The SMILES string of the molecule is COC(=O)c1ccc(C2CCCC2Cl)c(I)c1. The van der Waals surface area contributed by atoms with Crippen LogP contribution in [-0.2, 0) is 4.74 Å². The van der Waals surface area contributed by atoms with E-state index in [-0.39, 0.29) is 11.3 Å². The molecule has 0 N–H and O–H groups in total. The largest absolute Gasteiger partial charge is 0.465 e. The van der Waals surface area contributed by atoms with E-state index in [4.69, 9.17) is 16.3 Å². The molecule has 0 bridgehead atoms. The van der Waals surface area contributed by atoms with Crippen molar-refractivity contribution in [2.24, 2.45) is 0 Å². The lowest BCUT2D eigenvalue weighted by molar-refractivity contribution is 0.0600. The minimum Gasteiger partial charge on any atom is -0.465 e. The highest BCUT2D eigenvalue weighted by Crippen LogP contribution is 2.39. The number of esters is 1. The monoisotopic (exact) mass is 364 g/mol. The molecule has 0 heterocycles. The van der Waals surface area contributed by atoms with Gasteiger partial charge in [-0.25, -0.2) is 4.79 Å². The molecule has 0 spiro atoms. The third-order valence-corrected chi connectivity index (χ3v) is 4.71. The normalized spacial score (nSPS) is 23.7. The predicted octanol–water partition coefficient (Wildman–Crippen LogP) is 3.95. The molecule has 2 nitrogen and oxygen atoms in total. The van der Waals surface area contributed by atoms with Crippen molar-refractivity contribution in [1.82, 2.24) is 0 Å². The molecule has 17 heavy (non-hydrogen) atoms. The van der Waals surface area contributed by atoms with Crippen molar-refractivity contribution in [3.05, 3.63) is 32.9 Å². The molecule has 1 saturated carbocycles. The van der Waals surface area contributed by atoms with Gasteiger partial charge in [-0.2, -0.15) is 0 Å². The average molecular weight is 365 g/mol. The van der Waals surface area contributed by atoms with Gasteiger partial charge in [0.05, 0.1) is 12.7 Å². The molecule has 1 aliphatic rings. The van der Waals surface area contributed by atoms with Gasteiger partial charge in [-0.1, -0.05) is 12.5 Å². The molecular weight excluding hydrogens is 350 g/mol. The Morgan fingerprint density at radius 1 is 1.47 bits per heavy atom. The van der Waals surface area contributed by atoms with Crippen LogP contribution >= 0.6 is 34.2 Å². The molecule has 0 amide bonds. The third-order valence-electron chi connectivity index (χ3n) is 3.25. The molecular formula is C13H14ClIO2. The molecule has 1 fully saturated rings. The predicted molar refractivity (Wildman–Crippen MR) is 76.7 cm³/mol. The van der Waals surface area contributed by atoms with E-state index in [0.717, 1.165) is 16.4 Å². The van der Waals surface area contributed by atoms with Crippen molar-refractivity contribution in [3.63, 3.8) is 0 Å². The number of ether oxygens (including phenoxy) is 1. The third kappa shape index (κ3) is 2.76. The quantitative estimate of drug-likeness (QED) is 0.451. The number of hydrogen-bond donors (Lipinski definition) is 0. The second-order valence-electron chi connectivity index (χ2n) is 4.28. The highest BCUT2D eigenvalue weighted by atomic mass is 127. The summed E-state index contributed by atoms with van der Waals surface area (Å²) < 4.78 is 5.81. The van der Waals surface area contributed by atoms with Crippen molar-refractivity contribution in [1.29, 1.82) is 0 Å². The van der Waals surface area contributed by atoms with E-state index in [1.165, 1.54) is 19.1 Å². The highest BCUT2D eigenvalue weighted by Gasteiger charge is 2.28. The van der Waals surface area contributed by atoms with Gasteiger partial charge in [0, 0.05) is 14.9 Å². The first-order valence-corrected chi connectivity index (χ1v) is 7.17. The molecule has 2 rings (SSSR count). The highest BCUT2D eigenvalue weighted by molar-refractivity contribution is 14.1. The summed E-state index contributed by atoms with van der Waals surface area (Å²) in [5.74, 6) is 0.138. The molecule has 2 atom stereocenters. The van der Waals surface area contributed by atoms with Gasteiger partial charge in [-0.05, 0) is 53.1 Å².